The van der Waals surface area contributed by atoms with Crippen LogP contribution in [0.15, 0.2) is 24.3 Å². The van der Waals surface area contributed by atoms with Crippen LogP contribution in [0.1, 0.15) is 43.4 Å². The summed E-state index contributed by atoms with van der Waals surface area (Å²) in [5, 5.41) is 20.2. The molecule has 2 saturated heterocycles. The molecule has 100 valence electrons. The van der Waals surface area contributed by atoms with Gasteiger partial charge in [-0.25, -0.2) is 0 Å². The number of rotatable bonds is 3. The molecule has 2 bridgehead atoms. The van der Waals surface area contributed by atoms with Gasteiger partial charge in [0.25, 0.3) is 0 Å². The van der Waals surface area contributed by atoms with Crippen LogP contribution in [0, 0.1) is 16.7 Å². The van der Waals surface area contributed by atoms with Gasteiger partial charge in [0.05, 0.1) is 18.3 Å². The van der Waals surface area contributed by atoms with Crippen molar-refractivity contribution in [2.24, 2.45) is 5.41 Å². The third-order valence-electron chi connectivity index (χ3n) is 4.65. The Labute approximate surface area is 113 Å². The lowest BCUT2D eigenvalue weighted by Gasteiger charge is -2.33. The molecule has 0 aromatic heterocycles. The number of aryl methyl sites for hydroxylation is 1. The summed E-state index contributed by atoms with van der Waals surface area (Å²) in [7, 11) is 0. The van der Waals surface area contributed by atoms with Crippen molar-refractivity contribution in [3.8, 4) is 6.07 Å². The van der Waals surface area contributed by atoms with Crippen LogP contribution in [0.5, 0.6) is 0 Å². The molecule has 0 amide bonds. The lowest BCUT2D eigenvalue weighted by Crippen LogP contribution is -2.37. The molecule has 3 nitrogen and oxygen atoms in total. The van der Waals surface area contributed by atoms with E-state index in [1.165, 1.54) is 5.56 Å². The van der Waals surface area contributed by atoms with Crippen LogP contribution in [0.25, 0.3) is 0 Å². The molecular formula is C16H19NO2. The van der Waals surface area contributed by atoms with Gasteiger partial charge in [0.15, 0.2) is 0 Å². The molecule has 4 unspecified atom stereocenters. The number of fused-ring (bicyclic) bond motifs is 2. The maximum absolute atomic E-state index is 10.7. The van der Waals surface area contributed by atoms with Gasteiger partial charge in [0.2, 0.25) is 0 Å². The van der Waals surface area contributed by atoms with Gasteiger partial charge in [-0.05, 0) is 36.8 Å². The summed E-state index contributed by atoms with van der Waals surface area (Å²) < 4.78 is 5.78. The van der Waals surface area contributed by atoms with Crippen LogP contribution < -0.4 is 0 Å². The second-order valence-electron chi connectivity index (χ2n) is 5.68. The van der Waals surface area contributed by atoms with Crippen molar-refractivity contribution < 1.29 is 9.84 Å². The third-order valence-corrected chi connectivity index (χ3v) is 4.65. The van der Waals surface area contributed by atoms with Crippen molar-refractivity contribution >= 4 is 0 Å². The maximum atomic E-state index is 10.7. The van der Waals surface area contributed by atoms with Gasteiger partial charge >= 0.3 is 0 Å². The first kappa shape index (κ1) is 12.7. The Kier molecular flexibility index (Phi) is 3.08. The normalized spacial score (nSPS) is 34.2. The molecule has 0 radical (unpaired) electrons. The van der Waals surface area contributed by atoms with Gasteiger partial charge in [-0.15, -0.1) is 0 Å². The molecule has 2 aliphatic rings. The molecule has 2 fully saturated rings. The number of ether oxygens (including phenoxy) is 1. The predicted octanol–water partition coefficient (Wildman–Crippen LogP) is 2.74. The average Bonchev–Trinajstić information content (AvgIpc) is 3.07. The van der Waals surface area contributed by atoms with Crippen LogP contribution in [0.2, 0.25) is 0 Å². The summed E-state index contributed by atoms with van der Waals surface area (Å²) in [6.07, 6.45) is 2.85. The Balaban J connectivity index is 1.89. The molecule has 0 saturated carbocycles. The summed E-state index contributed by atoms with van der Waals surface area (Å²) in [5.41, 5.74) is 1.32. The topological polar surface area (TPSA) is 53.2 Å². The third kappa shape index (κ3) is 1.87. The van der Waals surface area contributed by atoms with E-state index in [1.54, 1.807) is 0 Å². The molecule has 2 heterocycles. The van der Waals surface area contributed by atoms with Gasteiger partial charge in [0.1, 0.15) is 11.5 Å². The molecule has 2 aliphatic heterocycles. The summed E-state index contributed by atoms with van der Waals surface area (Å²) in [4.78, 5) is 0. The summed E-state index contributed by atoms with van der Waals surface area (Å²) >= 11 is 0. The van der Waals surface area contributed by atoms with E-state index in [1.807, 2.05) is 24.3 Å². The highest BCUT2D eigenvalue weighted by atomic mass is 16.5. The van der Waals surface area contributed by atoms with E-state index in [0.717, 1.165) is 24.8 Å². The first-order valence-corrected chi connectivity index (χ1v) is 7.03. The van der Waals surface area contributed by atoms with Gasteiger partial charge in [-0.2, -0.15) is 5.26 Å². The number of hydrogen-bond acceptors (Lipinski definition) is 3. The minimum atomic E-state index is -0.753. The molecule has 0 aliphatic carbocycles. The fraction of sp³-hybridized carbons (Fsp3) is 0.562. The number of aliphatic hydroxyl groups is 1. The van der Waals surface area contributed by atoms with Gasteiger partial charge in [0, 0.05) is 0 Å². The molecule has 4 atom stereocenters. The number of nitrogens with zero attached hydrogens (tertiary/aromatic N) is 1. The van der Waals surface area contributed by atoms with E-state index in [-0.39, 0.29) is 12.2 Å². The van der Waals surface area contributed by atoms with Crippen molar-refractivity contribution in [1.29, 1.82) is 5.26 Å². The summed E-state index contributed by atoms with van der Waals surface area (Å²) in [5.74, 6) is 0. The Morgan fingerprint density at radius 2 is 2.16 bits per heavy atom. The van der Waals surface area contributed by atoms with Crippen LogP contribution in [0.4, 0.5) is 0 Å². The number of nitriles is 1. The molecule has 3 heteroatoms. The van der Waals surface area contributed by atoms with E-state index >= 15 is 0 Å². The minimum Gasteiger partial charge on any atom is -0.387 e. The SMILES string of the molecule is CCc1ccc(C(O)C2(C#N)CC3CCC2O3)cc1. The lowest BCUT2D eigenvalue weighted by molar-refractivity contribution is 0.00341. The Morgan fingerprint density at radius 1 is 1.42 bits per heavy atom. The number of benzene rings is 1. The second kappa shape index (κ2) is 4.63. The highest BCUT2D eigenvalue weighted by Gasteiger charge is 2.57. The molecule has 0 spiro atoms. The maximum Gasteiger partial charge on any atom is 0.116 e. The molecular weight excluding hydrogens is 238 g/mol. The zero-order valence-electron chi connectivity index (χ0n) is 11.2. The first-order valence-electron chi connectivity index (χ1n) is 7.03. The smallest absolute Gasteiger partial charge is 0.116 e. The van der Waals surface area contributed by atoms with Gasteiger partial charge in [-0.3, -0.25) is 0 Å². The van der Waals surface area contributed by atoms with Crippen molar-refractivity contribution in [2.75, 3.05) is 0 Å². The van der Waals surface area contributed by atoms with E-state index in [9.17, 15) is 10.4 Å². The fourth-order valence-electron chi connectivity index (χ4n) is 3.44. The first-order chi connectivity index (χ1) is 9.19. The van der Waals surface area contributed by atoms with Crippen LogP contribution in [0.3, 0.4) is 0 Å². The largest absolute Gasteiger partial charge is 0.387 e. The van der Waals surface area contributed by atoms with E-state index in [2.05, 4.69) is 13.0 Å². The van der Waals surface area contributed by atoms with E-state index in [0.29, 0.717) is 6.42 Å². The Bertz CT molecular complexity index is 504. The van der Waals surface area contributed by atoms with Crippen molar-refractivity contribution in [1.82, 2.24) is 0 Å². The molecule has 3 rings (SSSR count). The number of aliphatic hydroxyl groups excluding tert-OH is 1. The van der Waals surface area contributed by atoms with Crippen molar-refractivity contribution in [3.63, 3.8) is 0 Å². The average molecular weight is 257 g/mol. The standard InChI is InChI=1S/C16H19NO2/c1-2-11-3-5-12(6-4-11)15(18)16(10-17)9-13-7-8-14(16)19-13/h3-6,13-15,18H,2,7-9H2,1H3. The van der Waals surface area contributed by atoms with Crippen molar-refractivity contribution in [3.05, 3.63) is 35.4 Å². The zero-order valence-corrected chi connectivity index (χ0v) is 11.2. The van der Waals surface area contributed by atoms with Crippen LogP contribution in [-0.4, -0.2) is 17.3 Å². The Hall–Kier alpha value is -1.37. The molecule has 1 aromatic carbocycles. The van der Waals surface area contributed by atoms with Crippen LogP contribution >= 0.6 is 0 Å². The highest BCUT2D eigenvalue weighted by Crippen LogP contribution is 2.53. The fourth-order valence-corrected chi connectivity index (χ4v) is 3.44. The van der Waals surface area contributed by atoms with Crippen molar-refractivity contribution in [2.45, 2.75) is 50.9 Å². The summed E-state index contributed by atoms with van der Waals surface area (Å²) in [6, 6.07) is 10.3. The highest BCUT2D eigenvalue weighted by molar-refractivity contribution is 5.29. The van der Waals surface area contributed by atoms with E-state index in [4.69, 9.17) is 4.74 Å². The zero-order chi connectivity index (χ0) is 13.5. The minimum absolute atomic E-state index is 0.108. The lowest BCUT2D eigenvalue weighted by atomic mass is 9.69. The second-order valence-corrected chi connectivity index (χ2v) is 5.68. The van der Waals surface area contributed by atoms with Crippen LogP contribution in [-0.2, 0) is 11.2 Å². The van der Waals surface area contributed by atoms with Gasteiger partial charge < -0.3 is 9.84 Å². The van der Waals surface area contributed by atoms with Gasteiger partial charge in [-0.1, -0.05) is 31.2 Å². The molecule has 1 N–H and O–H groups in total. The van der Waals surface area contributed by atoms with E-state index < -0.39 is 11.5 Å². The molecule has 19 heavy (non-hydrogen) atoms. The Morgan fingerprint density at radius 3 is 2.63 bits per heavy atom. The monoisotopic (exact) mass is 257 g/mol. The molecule has 1 aromatic rings. The summed E-state index contributed by atoms with van der Waals surface area (Å²) in [6.45, 7) is 2.10. The number of hydrogen-bond donors (Lipinski definition) is 1. The quantitative estimate of drug-likeness (QED) is 0.905. The predicted molar refractivity (Wildman–Crippen MR) is 71.3 cm³/mol.